The van der Waals surface area contributed by atoms with Crippen molar-refractivity contribution >= 4 is 23.0 Å². The van der Waals surface area contributed by atoms with Crippen molar-refractivity contribution in [2.75, 3.05) is 23.3 Å². The predicted molar refractivity (Wildman–Crippen MR) is 113 cm³/mol. The zero-order valence-corrected chi connectivity index (χ0v) is 17.4. The molecule has 1 aliphatic heterocycles. The summed E-state index contributed by atoms with van der Waals surface area (Å²) in [4.78, 5) is 18.3. The minimum absolute atomic E-state index is 0.0568. The Morgan fingerprint density at radius 2 is 1.72 bits per heavy atom. The van der Waals surface area contributed by atoms with Crippen LogP contribution in [0.15, 0.2) is 53.6 Å². The topological polar surface area (TPSA) is 63.1 Å². The summed E-state index contributed by atoms with van der Waals surface area (Å²) >= 11 is 6.29. The van der Waals surface area contributed by atoms with Crippen LogP contribution in [-0.4, -0.2) is 33.9 Å². The van der Waals surface area contributed by atoms with Gasteiger partial charge >= 0.3 is 6.18 Å². The lowest BCUT2D eigenvalue weighted by atomic mass is 10.0. The summed E-state index contributed by atoms with van der Waals surface area (Å²) in [5.74, 6) is -0.354. The number of rotatable bonds is 4. The summed E-state index contributed by atoms with van der Waals surface area (Å²) in [7, 11) is 0. The number of aromatic nitrogens is 3. The van der Waals surface area contributed by atoms with Crippen LogP contribution in [0.25, 0.3) is 5.82 Å². The zero-order valence-electron chi connectivity index (χ0n) is 16.6. The number of hydrogen-bond donors (Lipinski definition) is 1. The molecule has 1 fully saturated rings. The Labute approximate surface area is 185 Å². The Kier molecular flexibility index (Phi) is 6.05. The van der Waals surface area contributed by atoms with E-state index >= 15 is 0 Å². The first-order valence-corrected chi connectivity index (χ1v) is 10.2. The molecule has 1 saturated heterocycles. The molecular formula is C21H18ClF4N5O. The van der Waals surface area contributed by atoms with Gasteiger partial charge in [0.15, 0.2) is 5.82 Å². The van der Waals surface area contributed by atoms with Crippen molar-refractivity contribution in [2.24, 2.45) is 0 Å². The predicted octanol–water partition coefficient (Wildman–Crippen LogP) is 4.52. The number of hydrogen-bond acceptors (Lipinski definition) is 5. The van der Waals surface area contributed by atoms with E-state index < -0.39 is 17.3 Å². The Balaban J connectivity index is 1.46. The molecule has 4 rings (SSSR count). The summed E-state index contributed by atoms with van der Waals surface area (Å²) in [6.45, 7) is 1.23. The molecule has 0 aliphatic carbocycles. The lowest BCUT2D eigenvalue weighted by Gasteiger charge is -2.34. The average Bonchev–Trinajstić information content (AvgIpc) is 2.77. The van der Waals surface area contributed by atoms with Gasteiger partial charge in [0, 0.05) is 31.0 Å². The lowest BCUT2D eigenvalue weighted by molar-refractivity contribution is -0.137. The van der Waals surface area contributed by atoms with E-state index in [0.29, 0.717) is 25.0 Å². The highest BCUT2D eigenvalue weighted by Crippen LogP contribution is 2.29. The number of nitrogens with one attached hydrogen (secondary N) is 1. The second-order valence-corrected chi connectivity index (χ2v) is 7.75. The molecule has 0 radical (unpaired) electrons. The Morgan fingerprint density at radius 1 is 1.03 bits per heavy atom. The number of nitrogens with zero attached hydrogens (tertiary/aromatic N) is 4. The molecule has 3 aromatic rings. The SMILES string of the molecule is O=c1c(Cl)c(N2CCC(Nc3ccc(F)cc3)CC2)cnn1-c1ccc(C(F)(F)F)cn1. The van der Waals surface area contributed by atoms with Crippen molar-refractivity contribution in [2.45, 2.75) is 25.1 Å². The third-order valence-electron chi connectivity index (χ3n) is 5.24. The van der Waals surface area contributed by atoms with Gasteiger partial charge < -0.3 is 10.2 Å². The number of piperidine rings is 1. The number of pyridine rings is 1. The fraction of sp³-hybridized carbons (Fsp3) is 0.286. The smallest absolute Gasteiger partial charge is 0.382 e. The third-order valence-corrected chi connectivity index (χ3v) is 5.60. The third kappa shape index (κ3) is 4.69. The first-order valence-electron chi connectivity index (χ1n) is 9.81. The van der Waals surface area contributed by atoms with Crippen LogP contribution in [0.5, 0.6) is 0 Å². The van der Waals surface area contributed by atoms with Crippen LogP contribution in [0.1, 0.15) is 18.4 Å². The fourth-order valence-corrected chi connectivity index (χ4v) is 3.78. The molecule has 0 unspecified atom stereocenters. The maximum Gasteiger partial charge on any atom is 0.417 e. The number of halogens is 5. The van der Waals surface area contributed by atoms with E-state index in [2.05, 4.69) is 15.4 Å². The number of alkyl halides is 3. The van der Waals surface area contributed by atoms with Crippen molar-refractivity contribution in [3.63, 3.8) is 0 Å². The van der Waals surface area contributed by atoms with Crippen LogP contribution in [0.2, 0.25) is 5.02 Å². The molecule has 1 aromatic carbocycles. The van der Waals surface area contributed by atoms with Crippen LogP contribution in [-0.2, 0) is 6.18 Å². The molecule has 1 N–H and O–H groups in total. The van der Waals surface area contributed by atoms with Crippen molar-refractivity contribution in [3.05, 3.63) is 75.5 Å². The summed E-state index contributed by atoms with van der Waals surface area (Å²) in [6, 6.07) is 8.22. The van der Waals surface area contributed by atoms with Gasteiger partial charge in [0.25, 0.3) is 5.56 Å². The highest BCUT2D eigenvalue weighted by molar-refractivity contribution is 6.33. The normalized spacial score (nSPS) is 15.1. The molecule has 3 heterocycles. The van der Waals surface area contributed by atoms with Crippen LogP contribution in [0.3, 0.4) is 0 Å². The minimum atomic E-state index is -4.52. The Morgan fingerprint density at radius 3 is 2.31 bits per heavy atom. The maximum absolute atomic E-state index is 13.0. The molecule has 0 spiro atoms. The van der Waals surface area contributed by atoms with E-state index in [-0.39, 0.29) is 22.7 Å². The Hall–Kier alpha value is -3.14. The van der Waals surface area contributed by atoms with Gasteiger partial charge in [0.1, 0.15) is 10.8 Å². The molecule has 168 valence electrons. The fourth-order valence-electron chi connectivity index (χ4n) is 3.53. The van der Waals surface area contributed by atoms with E-state index in [1.165, 1.54) is 18.3 Å². The molecule has 0 bridgehead atoms. The highest BCUT2D eigenvalue weighted by Gasteiger charge is 2.31. The first kappa shape index (κ1) is 22.1. The standard InChI is InChI=1S/C21H18ClF4N5O/c22-19-17(30-9-7-16(8-10-30)29-15-4-2-14(23)3-5-15)12-28-31(20(19)32)18-6-1-13(11-27-18)21(24,25)26/h1-6,11-12,16,29H,7-10H2. The monoisotopic (exact) mass is 467 g/mol. The molecule has 0 atom stereocenters. The molecule has 6 nitrogen and oxygen atoms in total. The van der Waals surface area contributed by atoms with Crippen LogP contribution in [0.4, 0.5) is 28.9 Å². The van der Waals surface area contributed by atoms with Gasteiger partial charge in [-0.3, -0.25) is 4.79 Å². The molecule has 11 heteroatoms. The summed E-state index contributed by atoms with van der Waals surface area (Å²) in [5, 5.41) is 7.33. The number of benzene rings is 1. The molecule has 0 amide bonds. The van der Waals surface area contributed by atoms with Gasteiger partial charge in [-0.1, -0.05) is 11.6 Å². The van der Waals surface area contributed by atoms with Crippen molar-refractivity contribution in [1.29, 1.82) is 0 Å². The van der Waals surface area contributed by atoms with Gasteiger partial charge in [-0.25, -0.2) is 9.37 Å². The van der Waals surface area contributed by atoms with E-state index in [1.807, 2.05) is 4.90 Å². The van der Waals surface area contributed by atoms with Crippen LogP contribution in [0, 0.1) is 5.82 Å². The van der Waals surface area contributed by atoms with Gasteiger partial charge in [-0.15, -0.1) is 0 Å². The number of anilines is 2. The molecule has 2 aromatic heterocycles. The van der Waals surface area contributed by atoms with Crippen LogP contribution >= 0.6 is 11.6 Å². The van der Waals surface area contributed by atoms with Gasteiger partial charge in [0.05, 0.1) is 17.4 Å². The zero-order chi connectivity index (χ0) is 22.9. The van der Waals surface area contributed by atoms with Crippen molar-refractivity contribution in [3.8, 4) is 5.82 Å². The van der Waals surface area contributed by atoms with Gasteiger partial charge in [-0.05, 0) is 49.2 Å². The Bertz CT molecular complexity index is 1140. The summed E-state index contributed by atoms with van der Waals surface area (Å²) < 4.78 is 52.1. The van der Waals surface area contributed by atoms with E-state index in [1.54, 1.807) is 12.1 Å². The van der Waals surface area contributed by atoms with Gasteiger partial charge in [0.2, 0.25) is 0 Å². The second kappa shape index (κ2) is 8.78. The quantitative estimate of drug-likeness (QED) is 0.572. The lowest BCUT2D eigenvalue weighted by Crippen LogP contribution is -2.40. The van der Waals surface area contributed by atoms with E-state index in [0.717, 1.165) is 35.3 Å². The molecule has 0 saturated carbocycles. The highest BCUT2D eigenvalue weighted by atomic mass is 35.5. The van der Waals surface area contributed by atoms with Crippen LogP contribution < -0.4 is 15.8 Å². The summed E-state index contributed by atoms with van der Waals surface area (Å²) in [5.41, 5.74) is -0.298. The van der Waals surface area contributed by atoms with E-state index in [4.69, 9.17) is 11.6 Å². The van der Waals surface area contributed by atoms with Gasteiger partial charge in [-0.2, -0.15) is 23.0 Å². The minimum Gasteiger partial charge on any atom is -0.382 e. The summed E-state index contributed by atoms with van der Waals surface area (Å²) in [6.07, 6.45) is -0.946. The second-order valence-electron chi connectivity index (χ2n) is 7.38. The molecular weight excluding hydrogens is 450 g/mol. The molecule has 32 heavy (non-hydrogen) atoms. The largest absolute Gasteiger partial charge is 0.417 e. The van der Waals surface area contributed by atoms with Crippen molar-refractivity contribution < 1.29 is 17.6 Å². The maximum atomic E-state index is 13.0. The average molecular weight is 468 g/mol. The molecule has 1 aliphatic rings. The van der Waals surface area contributed by atoms with E-state index in [9.17, 15) is 22.4 Å². The first-order chi connectivity index (χ1) is 15.2. The van der Waals surface area contributed by atoms with Crippen molar-refractivity contribution in [1.82, 2.24) is 14.8 Å².